The molecule has 2 aromatic rings. The number of nitrogens with zero attached hydrogens (tertiary/aromatic N) is 2. The van der Waals surface area contributed by atoms with E-state index in [0.29, 0.717) is 18.9 Å². The van der Waals surface area contributed by atoms with Gasteiger partial charge in [0.1, 0.15) is 5.69 Å². The van der Waals surface area contributed by atoms with Crippen molar-refractivity contribution in [3.05, 3.63) is 57.1 Å². The molecular formula is C16H16BrN3O5S. The lowest BCUT2D eigenvalue weighted by atomic mass is 10.2. The Hall–Kier alpha value is -2.01. The molecule has 1 heterocycles. The van der Waals surface area contributed by atoms with Gasteiger partial charge in [0, 0.05) is 29.3 Å². The number of nitro benzene ring substituents is 1. The Kier molecular flexibility index (Phi) is 5.56. The number of anilines is 2. The standard InChI is InChI=1S/C16H16BrN3O5S/c17-12-1-3-13(4-2-12)18-15-6-5-14(11-16(15)20(21)22)26(23,24)19-7-9-25-10-8-19/h1-6,11,18H,7-10H2. The molecule has 1 saturated heterocycles. The Balaban J connectivity index is 1.93. The van der Waals surface area contributed by atoms with E-state index in [1.165, 1.54) is 16.4 Å². The lowest BCUT2D eigenvalue weighted by Gasteiger charge is -2.26. The summed E-state index contributed by atoms with van der Waals surface area (Å²) in [5.74, 6) is 0. The average Bonchev–Trinajstić information content (AvgIpc) is 2.64. The van der Waals surface area contributed by atoms with Gasteiger partial charge in [0.15, 0.2) is 0 Å². The van der Waals surface area contributed by atoms with Gasteiger partial charge >= 0.3 is 0 Å². The number of halogens is 1. The van der Waals surface area contributed by atoms with Gasteiger partial charge in [-0.05, 0) is 36.4 Å². The number of rotatable bonds is 5. The third-order valence-electron chi connectivity index (χ3n) is 3.90. The summed E-state index contributed by atoms with van der Waals surface area (Å²) in [6.45, 7) is 1.08. The van der Waals surface area contributed by atoms with Gasteiger partial charge in [-0.2, -0.15) is 4.31 Å². The minimum Gasteiger partial charge on any atom is -0.379 e. The van der Waals surface area contributed by atoms with Gasteiger partial charge in [0.2, 0.25) is 10.0 Å². The van der Waals surface area contributed by atoms with Crippen LogP contribution in [0.3, 0.4) is 0 Å². The Morgan fingerprint density at radius 1 is 1.12 bits per heavy atom. The molecule has 3 rings (SSSR count). The fraction of sp³-hybridized carbons (Fsp3) is 0.250. The van der Waals surface area contributed by atoms with Crippen LogP contribution < -0.4 is 5.32 Å². The van der Waals surface area contributed by atoms with E-state index in [1.807, 2.05) is 0 Å². The molecule has 26 heavy (non-hydrogen) atoms. The van der Waals surface area contributed by atoms with Gasteiger partial charge in [-0.3, -0.25) is 10.1 Å². The molecule has 0 aliphatic carbocycles. The highest BCUT2D eigenvalue weighted by molar-refractivity contribution is 9.10. The van der Waals surface area contributed by atoms with Gasteiger partial charge in [-0.25, -0.2) is 8.42 Å². The second-order valence-corrected chi connectivity index (χ2v) is 8.44. The van der Waals surface area contributed by atoms with Crippen molar-refractivity contribution in [2.24, 2.45) is 0 Å². The summed E-state index contributed by atoms with van der Waals surface area (Å²) in [7, 11) is -3.80. The molecule has 138 valence electrons. The van der Waals surface area contributed by atoms with Crippen LogP contribution in [0.4, 0.5) is 17.1 Å². The van der Waals surface area contributed by atoms with Gasteiger partial charge in [0.05, 0.1) is 23.0 Å². The average molecular weight is 442 g/mol. The first-order chi connectivity index (χ1) is 12.4. The molecule has 1 N–H and O–H groups in total. The number of morpholine rings is 1. The van der Waals surface area contributed by atoms with E-state index < -0.39 is 14.9 Å². The third-order valence-corrected chi connectivity index (χ3v) is 6.32. The van der Waals surface area contributed by atoms with Gasteiger partial charge in [0.25, 0.3) is 5.69 Å². The molecule has 2 aromatic carbocycles. The molecule has 1 fully saturated rings. The molecular weight excluding hydrogens is 426 g/mol. The number of nitro groups is 1. The maximum Gasteiger partial charge on any atom is 0.294 e. The number of hydrogen-bond acceptors (Lipinski definition) is 6. The highest BCUT2D eigenvalue weighted by atomic mass is 79.9. The number of hydrogen-bond donors (Lipinski definition) is 1. The fourth-order valence-corrected chi connectivity index (χ4v) is 4.25. The highest BCUT2D eigenvalue weighted by Crippen LogP contribution is 2.31. The SMILES string of the molecule is O=[N+]([O-])c1cc(S(=O)(=O)N2CCOCC2)ccc1Nc1ccc(Br)cc1. The summed E-state index contributed by atoms with van der Waals surface area (Å²) < 4.78 is 32.7. The smallest absolute Gasteiger partial charge is 0.294 e. The van der Waals surface area contributed by atoms with Crippen molar-refractivity contribution in [3.8, 4) is 0 Å². The summed E-state index contributed by atoms with van der Waals surface area (Å²) in [5, 5.41) is 14.4. The first-order valence-electron chi connectivity index (χ1n) is 7.77. The van der Waals surface area contributed by atoms with Crippen LogP contribution in [0.25, 0.3) is 0 Å². The molecule has 0 saturated carbocycles. The zero-order valence-corrected chi connectivity index (χ0v) is 16.0. The molecule has 8 nitrogen and oxygen atoms in total. The van der Waals surface area contributed by atoms with Crippen LogP contribution in [-0.4, -0.2) is 43.9 Å². The van der Waals surface area contributed by atoms with Crippen LogP contribution in [0, 0.1) is 10.1 Å². The molecule has 1 aliphatic rings. The lowest BCUT2D eigenvalue weighted by molar-refractivity contribution is -0.384. The van der Waals surface area contributed by atoms with Crippen molar-refractivity contribution in [2.45, 2.75) is 4.90 Å². The van der Waals surface area contributed by atoms with Gasteiger partial charge in [-0.15, -0.1) is 0 Å². The van der Waals surface area contributed by atoms with Crippen LogP contribution in [0.15, 0.2) is 51.8 Å². The molecule has 0 aromatic heterocycles. The van der Waals surface area contributed by atoms with E-state index in [1.54, 1.807) is 24.3 Å². The van der Waals surface area contributed by atoms with Gasteiger partial charge in [-0.1, -0.05) is 15.9 Å². The van der Waals surface area contributed by atoms with Crippen LogP contribution in [0.5, 0.6) is 0 Å². The second-order valence-electron chi connectivity index (χ2n) is 5.58. The Bertz CT molecular complexity index is 912. The zero-order valence-electron chi connectivity index (χ0n) is 13.6. The molecule has 10 heteroatoms. The van der Waals surface area contributed by atoms with E-state index in [2.05, 4.69) is 21.2 Å². The summed E-state index contributed by atoms with van der Waals surface area (Å²) in [6.07, 6.45) is 0. The van der Waals surface area contributed by atoms with Crippen LogP contribution in [0.2, 0.25) is 0 Å². The van der Waals surface area contributed by atoms with E-state index in [9.17, 15) is 18.5 Å². The van der Waals surface area contributed by atoms with Crippen molar-refractivity contribution >= 4 is 43.0 Å². The lowest BCUT2D eigenvalue weighted by Crippen LogP contribution is -2.40. The summed E-state index contributed by atoms with van der Waals surface area (Å²) in [4.78, 5) is 10.7. The van der Waals surface area contributed by atoms with Crippen LogP contribution in [-0.2, 0) is 14.8 Å². The number of ether oxygens (including phenoxy) is 1. The number of sulfonamides is 1. The zero-order chi connectivity index (χ0) is 18.7. The fourth-order valence-electron chi connectivity index (χ4n) is 2.55. The quantitative estimate of drug-likeness (QED) is 0.564. The first kappa shape index (κ1) is 18.8. The maximum atomic E-state index is 12.7. The molecule has 0 atom stereocenters. The Labute approximate surface area is 159 Å². The molecule has 0 amide bonds. The van der Waals surface area contributed by atoms with Crippen molar-refractivity contribution in [2.75, 3.05) is 31.6 Å². The molecule has 1 aliphatic heterocycles. The molecule has 0 spiro atoms. The molecule has 0 unspecified atom stereocenters. The first-order valence-corrected chi connectivity index (χ1v) is 10.0. The topological polar surface area (TPSA) is 102 Å². The van der Waals surface area contributed by atoms with Crippen molar-refractivity contribution in [1.29, 1.82) is 0 Å². The largest absolute Gasteiger partial charge is 0.379 e. The minimum absolute atomic E-state index is 0.104. The minimum atomic E-state index is -3.80. The molecule has 0 bridgehead atoms. The number of nitrogens with one attached hydrogen (secondary N) is 1. The van der Waals surface area contributed by atoms with Crippen LogP contribution in [0.1, 0.15) is 0 Å². The highest BCUT2D eigenvalue weighted by Gasteiger charge is 2.28. The summed E-state index contributed by atoms with van der Waals surface area (Å²) in [5.41, 5.74) is 0.570. The molecule has 0 radical (unpaired) electrons. The van der Waals surface area contributed by atoms with E-state index in [4.69, 9.17) is 4.74 Å². The van der Waals surface area contributed by atoms with E-state index in [0.717, 1.165) is 10.5 Å². The van der Waals surface area contributed by atoms with Crippen molar-refractivity contribution in [3.63, 3.8) is 0 Å². The predicted molar refractivity (Wildman–Crippen MR) is 100 cm³/mol. The van der Waals surface area contributed by atoms with E-state index in [-0.39, 0.29) is 29.4 Å². The van der Waals surface area contributed by atoms with Gasteiger partial charge < -0.3 is 10.1 Å². The third kappa shape index (κ3) is 4.04. The maximum absolute atomic E-state index is 12.7. The number of benzene rings is 2. The Morgan fingerprint density at radius 3 is 2.38 bits per heavy atom. The normalized spacial score (nSPS) is 15.6. The second kappa shape index (κ2) is 7.70. The van der Waals surface area contributed by atoms with E-state index >= 15 is 0 Å². The summed E-state index contributed by atoms with van der Waals surface area (Å²) >= 11 is 3.32. The Morgan fingerprint density at radius 2 is 1.77 bits per heavy atom. The predicted octanol–water partition coefficient (Wildman–Crippen LogP) is 3.12. The van der Waals surface area contributed by atoms with Crippen LogP contribution >= 0.6 is 15.9 Å². The summed E-state index contributed by atoms with van der Waals surface area (Å²) in [6, 6.07) is 11.0. The van der Waals surface area contributed by atoms with Crippen molar-refractivity contribution in [1.82, 2.24) is 4.31 Å². The monoisotopic (exact) mass is 441 g/mol. The van der Waals surface area contributed by atoms with Crippen molar-refractivity contribution < 1.29 is 18.1 Å².